The van der Waals surface area contributed by atoms with Gasteiger partial charge < -0.3 is 11.5 Å². The number of hydrogen-bond acceptors (Lipinski definition) is 2. The topological polar surface area (TPSA) is 52.0 Å². The van der Waals surface area contributed by atoms with Crippen molar-refractivity contribution in [2.75, 3.05) is 11.5 Å². The predicted octanol–water partition coefficient (Wildman–Crippen LogP) is 2.62. The molecule has 0 spiro atoms. The number of rotatable bonds is 0. The molecule has 14 heavy (non-hydrogen) atoms. The molecule has 0 radical (unpaired) electrons. The van der Waals surface area contributed by atoms with E-state index in [0.29, 0.717) is 0 Å². The Bertz CT molecular complexity index is 501. The van der Waals surface area contributed by atoms with Gasteiger partial charge in [-0.15, -0.1) is 0 Å². The minimum atomic E-state index is 0.765. The molecule has 2 nitrogen and oxygen atoms in total. The fourth-order valence-corrected chi connectivity index (χ4v) is 1.79. The number of nitrogen functional groups attached to an aromatic ring is 2. The summed E-state index contributed by atoms with van der Waals surface area (Å²) in [7, 11) is 0. The van der Waals surface area contributed by atoms with Crippen molar-refractivity contribution >= 4 is 22.1 Å². The standard InChI is InChI=1S/C12H14N2/c1-7-5-9-4-3-8(2)12(14)11(9)10(13)6-7/h3-6H,13-14H2,1-2H3. The van der Waals surface area contributed by atoms with Crippen molar-refractivity contribution in [2.24, 2.45) is 0 Å². The van der Waals surface area contributed by atoms with Crippen molar-refractivity contribution in [3.05, 3.63) is 35.4 Å². The van der Waals surface area contributed by atoms with Gasteiger partial charge in [0.05, 0.1) is 0 Å². The SMILES string of the molecule is Cc1cc(N)c2c(N)c(C)ccc2c1. The first kappa shape index (κ1) is 8.88. The van der Waals surface area contributed by atoms with Gasteiger partial charge in [0.25, 0.3) is 0 Å². The minimum absolute atomic E-state index is 0.765. The lowest BCUT2D eigenvalue weighted by atomic mass is 10.0. The van der Waals surface area contributed by atoms with Gasteiger partial charge in [-0.25, -0.2) is 0 Å². The molecule has 0 aromatic heterocycles. The third-order valence-corrected chi connectivity index (χ3v) is 2.55. The number of fused-ring (bicyclic) bond motifs is 1. The van der Waals surface area contributed by atoms with Crippen LogP contribution in [0.3, 0.4) is 0 Å². The molecular formula is C12H14N2. The summed E-state index contributed by atoms with van der Waals surface area (Å²) in [6.07, 6.45) is 0. The monoisotopic (exact) mass is 186 g/mol. The maximum Gasteiger partial charge on any atom is 0.0444 e. The van der Waals surface area contributed by atoms with Gasteiger partial charge in [-0.1, -0.05) is 18.2 Å². The molecule has 0 aliphatic heterocycles. The molecule has 2 aromatic rings. The number of anilines is 2. The molecule has 0 heterocycles. The Morgan fingerprint density at radius 1 is 1.00 bits per heavy atom. The van der Waals surface area contributed by atoms with Gasteiger partial charge in [0.2, 0.25) is 0 Å². The van der Waals surface area contributed by atoms with Gasteiger partial charge >= 0.3 is 0 Å². The highest BCUT2D eigenvalue weighted by Gasteiger charge is 2.04. The Labute approximate surface area is 83.5 Å². The van der Waals surface area contributed by atoms with E-state index in [9.17, 15) is 0 Å². The number of aryl methyl sites for hydroxylation is 2. The predicted molar refractivity (Wildman–Crippen MR) is 62.2 cm³/mol. The molecule has 0 unspecified atom stereocenters. The average Bonchev–Trinajstić information content (AvgIpc) is 2.10. The van der Waals surface area contributed by atoms with E-state index in [2.05, 4.69) is 12.1 Å². The van der Waals surface area contributed by atoms with E-state index >= 15 is 0 Å². The molecular weight excluding hydrogens is 172 g/mol. The van der Waals surface area contributed by atoms with Gasteiger partial charge in [-0.05, 0) is 36.4 Å². The molecule has 2 heteroatoms. The van der Waals surface area contributed by atoms with Crippen molar-refractivity contribution < 1.29 is 0 Å². The molecule has 0 bridgehead atoms. The Morgan fingerprint density at radius 3 is 2.43 bits per heavy atom. The summed E-state index contributed by atoms with van der Waals surface area (Å²) in [5, 5.41) is 2.10. The molecule has 0 amide bonds. The highest BCUT2D eigenvalue weighted by Crippen LogP contribution is 2.30. The average molecular weight is 186 g/mol. The summed E-state index contributed by atoms with van der Waals surface area (Å²) in [6, 6.07) is 8.14. The van der Waals surface area contributed by atoms with Crippen LogP contribution in [-0.4, -0.2) is 0 Å². The van der Waals surface area contributed by atoms with Crippen LogP contribution in [0.25, 0.3) is 10.8 Å². The summed E-state index contributed by atoms with van der Waals surface area (Å²) in [5.41, 5.74) is 15.7. The Balaban J connectivity index is 2.95. The summed E-state index contributed by atoms with van der Waals surface area (Å²) in [4.78, 5) is 0. The summed E-state index contributed by atoms with van der Waals surface area (Å²) in [5.74, 6) is 0. The van der Waals surface area contributed by atoms with Crippen molar-refractivity contribution in [1.82, 2.24) is 0 Å². The van der Waals surface area contributed by atoms with Gasteiger partial charge in [0, 0.05) is 16.8 Å². The molecule has 2 rings (SSSR count). The molecule has 4 N–H and O–H groups in total. The zero-order chi connectivity index (χ0) is 10.3. The first-order valence-electron chi connectivity index (χ1n) is 4.64. The van der Waals surface area contributed by atoms with Gasteiger partial charge in [0.15, 0.2) is 0 Å². The minimum Gasteiger partial charge on any atom is -0.398 e. The molecule has 0 aliphatic carbocycles. The number of hydrogen-bond donors (Lipinski definition) is 2. The summed E-state index contributed by atoms with van der Waals surface area (Å²) in [6.45, 7) is 4.03. The molecule has 0 aliphatic rings. The third kappa shape index (κ3) is 1.20. The zero-order valence-corrected chi connectivity index (χ0v) is 8.46. The highest BCUT2D eigenvalue weighted by atomic mass is 14.6. The fraction of sp³-hybridized carbons (Fsp3) is 0.167. The van der Waals surface area contributed by atoms with Crippen LogP contribution in [0.5, 0.6) is 0 Å². The van der Waals surface area contributed by atoms with E-state index in [1.807, 2.05) is 26.0 Å². The van der Waals surface area contributed by atoms with E-state index in [1.165, 1.54) is 5.56 Å². The van der Waals surface area contributed by atoms with E-state index in [-0.39, 0.29) is 0 Å². The van der Waals surface area contributed by atoms with E-state index in [4.69, 9.17) is 11.5 Å². The number of nitrogens with two attached hydrogens (primary N) is 2. The molecule has 0 fully saturated rings. The lowest BCUT2D eigenvalue weighted by Gasteiger charge is -2.09. The van der Waals surface area contributed by atoms with Crippen LogP contribution in [0.2, 0.25) is 0 Å². The lowest BCUT2D eigenvalue weighted by molar-refractivity contribution is 1.47. The van der Waals surface area contributed by atoms with Crippen molar-refractivity contribution in [3.8, 4) is 0 Å². The molecule has 0 saturated carbocycles. The van der Waals surface area contributed by atoms with Gasteiger partial charge in [-0.2, -0.15) is 0 Å². The number of benzene rings is 2. The highest BCUT2D eigenvalue weighted by molar-refractivity contribution is 6.03. The fourth-order valence-electron chi connectivity index (χ4n) is 1.79. The second kappa shape index (κ2) is 2.91. The summed E-state index contributed by atoms with van der Waals surface area (Å²) < 4.78 is 0. The van der Waals surface area contributed by atoms with Crippen LogP contribution in [0.15, 0.2) is 24.3 Å². The first-order chi connectivity index (χ1) is 6.59. The third-order valence-electron chi connectivity index (χ3n) is 2.55. The Kier molecular flexibility index (Phi) is 1.84. The van der Waals surface area contributed by atoms with Crippen molar-refractivity contribution in [2.45, 2.75) is 13.8 Å². The van der Waals surface area contributed by atoms with E-state index in [1.54, 1.807) is 0 Å². The van der Waals surface area contributed by atoms with Crippen LogP contribution in [0, 0.1) is 13.8 Å². The van der Waals surface area contributed by atoms with Crippen molar-refractivity contribution in [1.29, 1.82) is 0 Å². The smallest absolute Gasteiger partial charge is 0.0444 e. The lowest BCUT2D eigenvalue weighted by Crippen LogP contribution is -1.96. The summed E-state index contributed by atoms with van der Waals surface area (Å²) >= 11 is 0. The second-order valence-corrected chi connectivity index (χ2v) is 3.75. The van der Waals surface area contributed by atoms with Crippen LogP contribution in [-0.2, 0) is 0 Å². The second-order valence-electron chi connectivity index (χ2n) is 3.75. The Morgan fingerprint density at radius 2 is 1.71 bits per heavy atom. The maximum atomic E-state index is 5.99. The van der Waals surface area contributed by atoms with Crippen LogP contribution in [0.4, 0.5) is 11.4 Å². The molecule has 2 aromatic carbocycles. The first-order valence-corrected chi connectivity index (χ1v) is 4.64. The van der Waals surface area contributed by atoms with Crippen LogP contribution >= 0.6 is 0 Å². The molecule has 0 atom stereocenters. The van der Waals surface area contributed by atoms with Crippen LogP contribution < -0.4 is 11.5 Å². The van der Waals surface area contributed by atoms with E-state index in [0.717, 1.165) is 27.7 Å². The van der Waals surface area contributed by atoms with Crippen LogP contribution in [0.1, 0.15) is 11.1 Å². The maximum absolute atomic E-state index is 5.99. The Hall–Kier alpha value is -1.70. The van der Waals surface area contributed by atoms with Gasteiger partial charge in [-0.3, -0.25) is 0 Å². The molecule has 0 saturated heterocycles. The normalized spacial score (nSPS) is 10.7. The largest absolute Gasteiger partial charge is 0.398 e. The van der Waals surface area contributed by atoms with E-state index < -0.39 is 0 Å². The van der Waals surface area contributed by atoms with Crippen molar-refractivity contribution in [3.63, 3.8) is 0 Å². The zero-order valence-electron chi connectivity index (χ0n) is 8.46. The van der Waals surface area contributed by atoms with Gasteiger partial charge in [0.1, 0.15) is 0 Å². The quantitative estimate of drug-likeness (QED) is 0.621. The molecule has 72 valence electrons.